The molecular formula is C16H24N2OS. The van der Waals surface area contributed by atoms with Gasteiger partial charge in [-0.2, -0.15) is 5.26 Å². The Hall–Kier alpha value is -1.18. The Labute approximate surface area is 126 Å². The lowest BCUT2D eigenvalue weighted by Gasteiger charge is -2.22. The molecule has 1 aromatic rings. The molecule has 0 aliphatic rings. The summed E-state index contributed by atoms with van der Waals surface area (Å²) in [6.07, 6.45) is 2.92. The Morgan fingerprint density at radius 1 is 1.40 bits per heavy atom. The van der Waals surface area contributed by atoms with Crippen LogP contribution >= 0.6 is 11.8 Å². The van der Waals surface area contributed by atoms with E-state index in [2.05, 4.69) is 24.4 Å². The fourth-order valence-electron chi connectivity index (χ4n) is 1.93. The summed E-state index contributed by atoms with van der Waals surface area (Å²) in [6.45, 7) is 4.99. The third-order valence-electron chi connectivity index (χ3n) is 3.16. The van der Waals surface area contributed by atoms with E-state index in [-0.39, 0.29) is 0 Å². The minimum absolute atomic E-state index is 0.405. The lowest BCUT2D eigenvalue weighted by molar-refractivity contribution is 0.404. The van der Waals surface area contributed by atoms with Gasteiger partial charge in [-0.3, -0.25) is 5.32 Å². The molecule has 1 rings (SSSR count). The lowest BCUT2D eigenvalue weighted by Crippen LogP contribution is -2.41. The summed E-state index contributed by atoms with van der Waals surface area (Å²) >= 11 is 1.78. The molecule has 110 valence electrons. The fraction of sp³-hybridized carbons (Fsp3) is 0.562. The quantitative estimate of drug-likeness (QED) is 0.554. The number of hydrogen-bond acceptors (Lipinski definition) is 4. The number of thioether (sulfide) groups is 1. The second-order valence-corrected chi connectivity index (χ2v) is 6.11. The van der Waals surface area contributed by atoms with Crippen molar-refractivity contribution in [1.29, 1.82) is 5.26 Å². The van der Waals surface area contributed by atoms with Gasteiger partial charge >= 0.3 is 0 Å². The Morgan fingerprint density at radius 2 is 2.15 bits per heavy atom. The van der Waals surface area contributed by atoms with Gasteiger partial charge in [0.05, 0.1) is 13.2 Å². The van der Waals surface area contributed by atoms with E-state index < -0.39 is 5.54 Å². The molecule has 0 aromatic heterocycles. The third kappa shape index (κ3) is 5.44. The zero-order valence-electron chi connectivity index (χ0n) is 12.6. The van der Waals surface area contributed by atoms with Crippen LogP contribution in [0.25, 0.3) is 0 Å². The molecule has 4 heteroatoms. The molecule has 0 amide bonds. The number of hydrogen-bond donors (Lipinski definition) is 1. The van der Waals surface area contributed by atoms with E-state index in [4.69, 9.17) is 4.74 Å². The van der Waals surface area contributed by atoms with Gasteiger partial charge in [-0.15, -0.1) is 11.8 Å². The number of rotatable bonds is 9. The minimum atomic E-state index is -0.405. The molecule has 0 saturated carbocycles. The molecule has 0 aliphatic carbocycles. The zero-order valence-corrected chi connectivity index (χ0v) is 13.4. The van der Waals surface area contributed by atoms with Crippen LogP contribution in [-0.4, -0.2) is 24.9 Å². The first-order valence-corrected chi connectivity index (χ1v) is 8.06. The van der Waals surface area contributed by atoms with Crippen LogP contribution in [-0.2, 0) is 0 Å². The maximum Gasteiger partial charge on any atom is 0.132 e. The van der Waals surface area contributed by atoms with E-state index in [1.807, 2.05) is 25.1 Å². The third-order valence-corrected chi connectivity index (χ3v) is 4.30. The average molecular weight is 292 g/mol. The Morgan fingerprint density at radius 3 is 2.80 bits per heavy atom. The second-order valence-electron chi connectivity index (χ2n) is 4.97. The maximum absolute atomic E-state index is 9.27. The van der Waals surface area contributed by atoms with Gasteiger partial charge in [-0.1, -0.05) is 19.1 Å². The van der Waals surface area contributed by atoms with Crippen LogP contribution in [0.2, 0.25) is 0 Å². The largest absolute Gasteiger partial charge is 0.496 e. The molecular weight excluding hydrogens is 268 g/mol. The smallest absolute Gasteiger partial charge is 0.132 e. The number of ether oxygens (including phenoxy) is 1. The first-order valence-electron chi connectivity index (χ1n) is 7.07. The van der Waals surface area contributed by atoms with E-state index in [0.717, 1.165) is 42.2 Å². The Bertz CT molecular complexity index is 444. The molecule has 1 atom stereocenters. The van der Waals surface area contributed by atoms with E-state index in [1.54, 1.807) is 18.9 Å². The summed E-state index contributed by atoms with van der Waals surface area (Å²) in [7, 11) is 1.70. The van der Waals surface area contributed by atoms with Crippen molar-refractivity contribution in [3.05, 3.63) is 24.3 Å². The van der Waals surface area contributed by atoms with Gasteiger partial charge in [-0.05, 0) is 50.6 Å². The van der Waals surface area contributed by atoms with Crippen LogP contribution in [0.4, 0.5) is 0 Å². The van der Waals surface area contributed by atoms with Crippen LogP contribution in [0.5, 0.6) is 5.75 Å². The number of nitrogens with zero attached hydrogens (tertiary/aromatic N) is 1. The highest BCUT2D eigenvalue weighted by atomic mass is 32.2. The minimum Gasteiger partial charge on any atom is -0.496 e. The number of methoxy groups -OCH3 is 1. The normalized spacial score (nSPS) is 13.5. The van der Waals surface area contributed by atoms with Crippen molar-refractivity contribution >= 4 is 11.8 Å². The van der Waals surface area contributed by atoms with E-state index in [9.17, 15) is 5.26 Å². The molecule has 0 heterocycles. The first kappa shape index (κ1) is 16.9. The molecule has 1 N–H and O–H groups in total. The Balaban J connectivity index is 2.39. The first-order chi connectivity index (χ1) is 9.65. The van der Waals surface area contributed by atoms with Crippen LogP contribution in [0, 0.1) is 11.3 Å². The molecule has 20 heavy (non-hydrogen) atoms. The van der Waals surface area contributed by atoms with Crippen molar-refractivity contribution in [2.45, 2.75) is 43.5 Å². The van der Waals surface area contributed by atoms with Gasteiger partial charge in [0.2, 0.25) is 0 Å². The summed E-state index contributed by atoms with van der Waals surface area (Å²) in [5, 5.41) is 12.6. The fourth-order valence-corrected chi connectivity index (χ4v) is 2.91. The summed E-state index contributed by atoms with van der Waals surface area (Å²) in [5.41, 5.74) is -0.405. The van der Waals surface area contributed by atoms with Crippen LogP contribution in [0.3, 0.4) is 0 Å². The van der Waals surface area contributed by atoms with Crippen LogP contribution in [0.15, 0.2) is 29.2 Å². The standard InChI is InChI=1S/C16H24N2OS/c1-4-11-18-16(2,13-17)10-7-12-20-15-9-6-5-8-14(15)19-3/h5-6,8-9,18H,4,7,10-12H2,1-3H3. The highest BCUT2D eigenvalue weighted by molar-refractivity contribution is 7.99. The van der Waals surface area contributed by atoms with Gasteiger partial charge in [0.15, 0.2) is 0 Å². The summed E-state index contributed by atoms with van der Waals surface area (Å²) in [4.78, 5) is 1.16. The molecule has 1 aromatic carbocycles. The topological polar surface area (TPSA) is 45.0 Å². The van der Waals surface area contributed by atoms with Crippen molar-refractivity contribution in [2.75, 3.05) is 19.4 Å². The van der Waals surface area contributed by atoms with Crippen molar-refractivity contribution < 1.29 is 4.74 Å². The van der Waals surface area contributed by atoms with Crippen molar-refractivity contribution in [2.24, 2.45) is 0 Å². The Kier molecular flexibility index (Phi) is 7.50. The number of benzene rings is 1. The molecule has 0 spiro atoms. The lowest BCUT2D eigenvalue weighted by atomic mass is 9.98. The van der Waals surface area contributed by atoms with E-state index >= 15 is 0 Å². The van der Waals surface area contributed by atoms with Gasteiger partial charge < -0.3 is 4.74 Å². The SMILES string of the molecule is CCCNC(C)(C#N)CCCSc1ccccc1OC. The molecule has 0 bridgehead atoms. The highest BCUT2D eigenvalue weighted by Crippen LogP contribution is 2.29. The summed E-state index contributed by atoms with van der Waals surface area (Å²) < 4.78 is 5.33. The molecule has 0 saturated heterocycles. The van der Waals surface area contributed by atoms with Gasteiger partial charge in [-0.25, -0.2) is 0 Å². The predicted molar refractivity (Wildman–Crippen MR) is 85.3 cm³/mol. The second kappa shape index (κ2) is 8.89. The molecule has 0 aliphatic heterocycles. The summed E-state index contributed by atoms with van der Waals surface area (Å²) in [5.74, 6) is 1.91. The predicted octanol–water partition coefficient (Wildman–Crippen LogP) is 3.85. The van der Waals surface area contributed by atoms with Crippen molar-refractivity contribution in [3.8, 4) is 11.8 Å². The van der Waals surface area contributed by atoms with Crippen LogP contribution < -0.4 is 10.1 Å². The molecule has 3 nitrogen and oxygen atoms in total. The number of nitrogens with one attached hydrogen (secondary N) is 1. The number of para-hydroxylation sites is 1. The van der Waals surface area contributed by atoms with Gasteiger partial charge in [0.1, 0.15) is 11.3 Å². The van der Waals surface area contributed by atoms with E-state index in [1.165, 1.54) is 0 Å². The average Bonchev–Trinajstić information content (AvgIpc) is 2.50. The number of nitriles is 1. The van der Waals surface area contributed by atoms with Crippen molar-refractivity contribution in [3.63, 3.8) is 0 Å². The molecule has 1 unspecified atom stereocenters. The molecule has 0 radical (unpaired) electrons. The van der Waals surface area contributed by atoms with E-state index in [0.29, 0.717) is 0 Å². The van der Waals surface area contributed by atoms with Crippen LogP contribution in [0.1, 0.15) is 33.1 Å². The van der Waals surface area contributed by atoms with Gasteiger partial charge in [0, 0.05) is 4.90 Å². The molecule has 0 fully saturated rings. The van der Waals surface area contributed by atoms with Gasteiger partial charge in [0.25, 0.3) is 0 Å². The highest BCUT2D eigenvalue weighted by Gasteiger charge is 2.21. The monoisotopic (exact) mass is 292 g/mol. The summed E-state index contributed by atoms with van der Waals surface area (Å²) in [6, 6.07) is 10.4. The van der Waals surface area contributed by atoms with Crippen molar-refractivity contribution in [1.82, 2.24) is 5.32 Å². The zero-order chi connectivity index (χ0) is 14.8. The maximum atomic E-state index is 9.27.